The number of nitrogens with zero attached hydrogens (tertiary/aromatic N) is 2. The minimum atomic E-state index is -2.32. The third-order valence-corrected chi connectivity index (χ3v) is 14.7. The van der Waals surface area contributed by atoms with Crippen LogP contribution in [0.25, 0.3) is 17.0 Å². The van der Waals surface area contributed by atoms with E-state index < -0.39 is 78.7 Å². The highest BCUT2D eigenvalue weighted by Gasteiger charge is 2.41. The van der Waals surface area contributed by atoms with Crippen molar-refractivity contribution in [3.8, 4) is 0 Å². The molecule has 1 saturated heterocycles. The van der Waals surface area contributed by atoms with E-state index >= 15 is 0 Å². The number of halogens is 3. The molecule has 0 bridgehead atoms. The summed E-state index contributed by atoms with van der Waals surface area (Å²) in [5.74, 6) is -3.21. The van der Waals surface area contributed by atoms with Crippen molar-refractivity contribution >= 4 is 83.8 Å². The first-order chi connectivity index (χ1) is 24.9. The van der Waals surface area contributed by atoms with Crippen molar-refractivity contribution in [1.29, 1.82) is 0 Å². The van der Waals surface area contributed by atoms with Gasteiger partial charge in [-0.05, 0) is 75.4 Å². The maximum absolute atomic E-state index is 14.2. The highest BCUT2D eigenvalue weighted by Crippen LogP contribution is 2.38. The number of hydrogen-bond acceptors (Lipinski definition) is 9. The van der Waals surface area contributed by atoms with Crippen molar-refractivity contribution in [1.82, 2.24) is 26.1 Å². The minimum Gasteiger partial charge on any atom is -0.460 e. The molecule has 1 aromatic carbocycles. The van der Waals surface area contributed by atoms with Gasteiger partial charge in [-0.15, -0.1) is 0 Å². The first-order valence-electron chi connectivity index (χ1n) is 18.3. The van der Waals surface area contributed by atoms with Crippen molar-refractivity contribution in [2.75, 3.05) is 13.2 Å². The second-order valence-corrected chi connectivity index (χ2v) is 23.1. The summed E-state index contributed by atoms with van der Waals surface area (Å²) in [7, 11) is -2.32. The Hall–Kier alpha value is -2.78. The number of carbonyl (C=O) groups is 4. The molecule has 0 spiro atoms. The lowest BCUT2D eigenvalue weighted by Gasteiger charge is -2.40. The van der Waals surface area contributed by atoms with Crippen LogP contribution >= 0.6 is 34.8 Å². The van der Waals surface area contributed by atoms with Crippen molar-refractivity contribution < 1.29 is 33.4 Å². The summed E-state index contributed by atoms with van der Waals surface area (Å²) in [5.41, 5.74) is 4.92. The average Bonchev–Trinajstić information content (AvgIpc) is 3.07. The number of aliphatic hydroxyl groups is 1. The molecule has 1 aliphatic heterocycles. The van der Waals surface area contributed by atoms with Gasteiger partial charge in [0.25, 0.3) is 5.91 Å². The van der Waals surface area contributed by atoms with Crippen molar-refractivity contribution in [2.24, 2.45) is 11.8 Å². The number of esters is 1. The zero-order chi connectivity index (χ0) is 40.8. The van der Waals surface area contributed by atoms with Crippen LogP contribution in [0.1, 0.15) is 85.6 Å². The van der Waals surface area contributed by atoms with E-state index in [1.807, 2.05) is 37.3 Å². The summed E-state index contributed by atoms with van der Waals surface area (Å²) in [5, 5.41) is 17.8. The molecule has 6 atom stereocenters. The molecule has 2 aromatic rings. The molecular formula is C38H56Cl3N5O7Si. The van der Waals surface area contributed by atoms with Crippen LogP contribution in [0.3, 0.4) is 0 Å². The Balaban J connectivity index is 1.80. The molecule has 0 saturated carbocycles. The molecule has 3 amide bonds. The molecule has 16 heteroatoms. The molecule has 1 fully saturated rings. The summed E-state index contributed by atoms with van der Waals surface area (Å²) < 4.78 is 9.99. The second-order valence-electron chi connectivity index (χ2n) is 15.8. The number of aromatic nitrogens is 1. The van der Waals surface area contributed by atoms with Crippen LogP contribution in [-0.2, 0) is 28.3 Å². The SMILES string of the molecule is CC(C)C(NC(=O)C(/C=C/c1ccc2ccc([C@@H](C)O)nc2c1)[C@H](C)O[Si](C)(C)C(C)(C)C)C(=O)N[C@@H](C)C(=O)N1CCCC(C(=O)OCC(Cl)(Cl)Cl)N1. The van der Waals surface area contributed by atoms with E-state index in [4.69, 9.17) is 44.0 Å². The molecule has 4 N–H and O–H groups in total. The van der Waals surface area contributed by atoms with Gasteiger partial charge in [0.05, 0.1) is 29.3 Å². The van der Waals surface area contributed by atoms with Crippen LogP contribution in [0, 0.1) is 11.8 Å². The van der Waals surface area contributed by atoms with E-state index in [0.717, 1.165) is 10.9 Å². The maximum Gasteiger partial charge on any atom is 0.325 e. The molecule has 2 heterocycles. The predicted octanol–water partition coefficient (Wildman–Crippen LogP) is 6.38. The van der Waals surface area contributed by atoms with Gasteiger partial charge in [0.15, 0.2) is 8.32 Å². The van der Waals surface area contributed by atoms with Gasteiger partial charge < -0.3 is 24.9 Å². The number of alkyl halides is 3. The Morgan fingerprint density at radius 3 is 2.28 bits per heavy atom. The topological polar surface area (TPSA) is 159 Å². The van der Waals surface area contributed by atoms with Gasteiger partial charge in [-0.1, -0.05) is 99.8 Å². The van der Waals surface area contributed by atoms with E-state index in [1.54, 1.807) is 32.9 Å². The summed E-state index contributed by atoms with van der Waals surface area (Å²) in [4.78, 5) is 58.4. The molecule has 0 radical (unpaired) electrons. The Kier molecular flexibility index (Phi) is 16.0. The molecule has 1 aromatic heterocycles. The molecule has 300 valence electrons. The third kappa shape index (κ3) is 12.9. The molecule has 12 nitrogen and oxygen atoms in total. The zero-order valence-electron chi connectivity index (χ0n) is 32.8. The summed E-state index contributed by atoms with van der Waals surface area (Å²) in [6.07, 6.45) is 3.26. The normalized spacial score (nSPS) is 18.6. The Labute approximate surface area is 335 Å². The fourth-order valence-corrected chi connectivity index (χ4v) is 7.22. The van der Waals surface area contributed by atoms with Crippen LogP contribution in [0.2, 0.25) is 18.1 Å². The number of benzene rings is 1. The summed E-state index contributed by atoms with van der Waals surface area (Å²) in [6, 6.07) is 6.62. The lowest BCUT2D eigenvalue weighted by atomic mass is 9.97. The van der Waals surface area contributed by atoms with Crippen LogP contribution in [-0.4, -0.2) is 88.3 Å². The predicted molar refractivity (Wildman–Crippen MR) is 216 cm³/mol. The number of ether oxygens (including phenoxy) is 1. The molecule has 3 rings (SSSR count). The van der Waals surface area contributed by atoms with E-state index in [-0.39, 0.29) is 11.0 Å². The van der Waals surface area contributed by atoms with Gasteiger partial charge in [-0.2, -0.15) is 0 Å². The number of rotatable bonds is 14. The van der Waals surface area contributed by atoms with Gasteiger partial charge in [0.2, 0.25) is 15.6 Å². The minimum absolute atomic E-state index is 0.116. The van der Waals surface area contributed by atoms with Gasteiger partial charge in [-0.3, -0.25) is 29.2 Å². The molecule has 1 aliphatic rings. The Morgan fingerprint density at radius 1 is 1.04 bits per heavy atom. The van der Waals surface area contributed by atoms with E-state index in [1.165, 1.54) is 11.9 Å². The van der Waals surface area contributed by atoms with Crippen LogP contribution in [0.4, 0.5) is 0 Å². The lowest BCUT2D eigenvalue weighted by Crippen LogP contribution is -2.61. The number of fused-ring (bicyclic) bond motifs is 1. The van der Waals surface area contributed by atoms with Crippen LogP contribution < -0.4 is 16.1 Å². The first kappa shape index (κ1) is 45.6. The van der Waals surface area contributed by atoms with Gasteiger partial charge in [0.1, 0.15) is 24.7 Å². The first-order valence-corrected chi connectivity index (χ1v) is 22.3. The van der Waals surface area contributed by atoms with Crippen LogP contribution in [0.5, 0.6) is 0 Å². The fourth-order valence-electron chi connectivity index (χ4n) is 5.62. The number of hydrogen-bond donors (Lipinski definition) is 4. The van der Waals surface area contributed by atoms with Crippen molar-refractivity contribution in [3.05, 3.63) is 47.7 Å². The van der Waals surface area contributed by atoms with Gasteiger partial charge in [0, 0.05) is 11.9 Å². The number of aliphatic hydroxyl groups excluding tert-OH is 1. The molecule has 3 unspecified atom stereocenters. The fraction of sp³-hybridized carbons (Fsp3) is 0.605. The Morgan fingerprint density at radius 2 is 1.69 bits per heavy atom. The maximum atomic E-state index is 14.2. The number of carbonyl (C=O) groups excluding carboxylic acids is 4. The Bertz CT molecular complexity index is 1680. The quantitative estimate of drug-likeness (QED) is 0.0963. The monoisotopic (exact) mass is 827 g/mol. The average molecular weight is 829 g/mol. The standard InChI is InChI=1S/C38H56Cl3N5O7Si/c1-22(2)32(34(49)42-23(3)35(50)46-19-11-12-30(45-46)36(51)52-21-38(39,40)41)44-33(48)28(25(5)53-54(9,10)37(6,7)8)17-14-26-13-15-27-16-18-29(24(4)47)43-31(27)20-26/h13-18,20,22-25,28,30,32,45,47H,11-12,19,21H2,1-10H3,(H,42,49)(H,44,48)/b17-14+/t23-,24+,25-,28?,30?,32?/m0/s1. The second kappa shape index (κ2) is 18.9. The van der Waals surface area contributed by atoms with Crippen molar-refractivity contribution in [3.63, 3.8) is 0 Å². The van der Waals surface area contributed by atoms with E-state index in [2.05, 4.69) is 54.9 Å². The summed E-state index contributed by atoms with van der Waals surface area (Å²) in [6.45, 7) is 19.1. The molecule has 54 heavy (non-hydrogen) atoms. The number of pyridine rings is 1. The lowest BCUT2D eigenvalue weighted by molar-refractivity contribution is -0.152. The number of hydrazine groups is 1. The van der Waals surface area contributed by atoms with Crippen molar-refractivity contribution in [2.45, 2.75) is 120 Å². The van der Waals surface area contributed by atoms with E-state index in [0.29, 0.717) is 30.6 Å². The van der Waals surface area contributed by atoms with Gasteiger partial charge >= 0.3 is 5.97 Å². The number of nitrogens with one attached hydrogen (secondary N) is 3. The highest BCUT2D eigenvalue weighted by atomic mass is 35.6. The largest absolute Gasteiger partial charge is 0.460 e. The highest BCUT2D eigenvalue weighted by molar-refractivity contribution is 6.74. The zero-order valence-corrected chi connectivity index (χ0v) is 36.1. The van der Waals surface area contributed by atoms with E-state index in [9.17, 15) is 24.3 Å². The molecular weight excluding hydrogens is 773 g/mol. The smallest absolute Gasteiger partial charge is 0.325 e. The molecule has 0 aliphatic carbocycles. The van der Waals surface area contributed by atoms with Gasteiger partial charge in [-0.25, -0.2) is 5.43 Å². The van der Waals surface area contributed by atoms with Crippen LogP contribution in [0.15, 0.2) is 36.4 Å². The third-order valence-electron chi connectivity index (χ3n) is 9.85. The number of amides is 3. The summed E-state index contributed by atoms with van der Waals surface area (Å²) >= 11 is 17.1.